The summed E-state index contributed by atoms with van der Waals surface area (Å²) in [6.45, 7) is 0. The van der Waals surface area contributed by atoms with Crippen molar-refractivity contribution in [2.45, 2.75) is 10.7 Å². The molecule has 0 aliphatic rings. The van der Waals surface area contributed by atoms with Crippen LogP contribution in [-0.4, -0.2) is 11.7 Å². The summed E-state index contributed by atoms with van der Waals surface area (Å²) in [6.07, 6.45) is 0. The van der Waals surface area contributed by atoms with Crippen molar-refractivity contribution in [2.75, 3.05) is 11.1 Å². The van der Waals surface area contributed by atoms with Crippen LogP contribution in [0.4, 0.5) is 24.5 Å². The highest BCUT2D eigenvalue weighted by Gasteiger charge is 2.15. The Kier molecular flexibility index (Phi) is 4.74. The van der Waals surface area contributed by atoms with Gasteiger partial charge in [0, 0.05) is 4.90 Å². The topological polar surface area (TPSA) is 55.1 Å². The Bertz CT molecular complexity index is 664. The summed E-state index contributed by atoms with van der Waals surface area (Å²) in [5.41, 5.74) is 5.38. The third kappa shape index (κ3) is 3.69. The molecule has 0 atom stereocenters. The lowest BCUT2D eigenvalue weighted by Gasteiger charge is -2.11. The van der Waals surface area contributed by atoms with E-state index in [1.54, 1.807) is 12.1 Å². The number of para-hydroxylation sites is 2. The molecule has 0 saturated carbocycles. The molecule has 0 unspecified atom stereocenters. The molecule has 0 bridgehead atoms. The second-order valence-electron chi connectivity index (χ2n) is 4.03. The van der Waals surface area contributed by atoms with Crippen LogP contribution in [0.15, 0.2) is 47.4 Å². The molecule has 2 aromatic carbocycles. The van der Waals surface area contributed by atoms with Gasteiger partial charge in [0.05, 0.1) is 16.9 Å². The molecule has 21 heavy (non-hydrogen) atoms. The van der Waals surface area contributed by atoms with Gasteiger partial charge < -0.3 is 11.1 Å². The largest absolute Gasteiger partial charge is 0.396 e. The van der Waals surface area contributed by atoms with Crippen LogP contribution >= 0.6 is 11.8 Å². The molecule has 0 aliphatic heterocycles. The minimum absolute atomic E-state index is 0.0492. The van der Waals surface area contributed by atoms with Crippen LogP contribution < -0.4 is 11.1 Å². The molecule has 3 nitrogen and oxygen atoms in total. The van der Waals surface area contributed by atoms with Crippen molar-refractivity contribution in [3.05, 3.63) is 53.8 Å². The third-order valence-corrected chi connectivity index (χ3v) is 3.44. The van der Waals surface area contributed by atoms with Crippen LogP contribution in [-0.2, 0) is 0 Å². The monoisotopic (exact) mass is 312 g/mol. The second kappa shape index (κ2) is 6.53. The fourth-order valence-electron chi connectivity index (χ4n) is 1.69. The van der Waals surface area contributed by atoms with Gasteiger partial charge in [-0.3, -0.25) is 4.79 Å². The van der Waals surface area contributed by atoms with Gasteiger partial charge >= 0.3 is 0 Å². The molecule has 0 heterocycles. The predicted molar refractivity (Wildman–Crippen MR) is 77.1 cm³/mol. The van der Waals surface area contributed by atoms with Gasteiger partial charge in [0.15, 0.2) is 0 Å². The Morgan fingerprint density at radius 3 is 2.57 bits per heavy atom. The first-order chi connectivity index (χ1) is 9.99. The lowest BCUT2D eigenvalue weighted by molar-refractivity contribution is 0.102. The number of amides is 1. The molecule has 0 aromatic heterocycles. The number of halogens is 3. The molecule has 2 aromatic rings. The smallest absolute Gasteiger partial charge is 0.288 e. The van der Waals surface area contributed by atoms with E-state index in [9.17, 15) is 18.0 Å². The Morgan fingerprint density at radius 2 is 1.86 bits per heavy atom. The summed E-state index contributed by atoms with van der Waals surface area (Å²) in [6, 6.07) is 9.96. The average Bonchev–Trinajstić information content (AvgIpc) is 2.43. The fraction of sp³-hybridized carbons (Fsp3) is 0.0714. The number of thioether (sulfide) groups is 1. The summed E-state index contributed by atoms with van der Waals surface area (Å²) in [5, 5.41) is 2.46. The normalized spacial score (nSPS) is 10.7. The molecular weight excluding hydrogens is 301 g/mol. The van der Waals surface area contributed by atoms with Gasteiger partial charge in [-0.05, 0) is 24.3 Å². The Hall–Kier alpha value is -2.15. The number of benzene rings is 2. The zero-order valence-corrected chi connectivity index (χ0v) is 11.5. The zero-order valence-electron chi connectivity index (χ0n) is 10.6. The standard InChI is InChI=1S/C14H11F3N2OS/c15-9-5-3-4-8(12(9)18)13(20)19-10-6-1-2-7-11(10)21-14(16)17/h1-7,14H,18H2,(H,19,20). The SMILES string of the molecule is Nc1c(F)cccc1C(=O)Nc1ccccc1SC(F)F. The Morgan fingerprint density at radius 1 is 1.14 bits per heavy atom. The molecule has 2 rings (SSSR count). The maximum atomic E-state index is 13.3. The van der Waals surface area contributed by atoms with Gasteiger partial charge in [-0.15, -0.1) is 0 Å². The quantitative estimate of drug-likeness (QED) is 0.663. The first-order valence-electron chi connectivity index (χ1n) is 5.88. The van der Waals surface area contributed by atoms with Crippen molar-refractivity contribution in [1.82, 2.24) is 0 Å². The number of nitrogen functional groups attached to an aromatic ring is 1. The average molecular weight is 312 g/mol. The van der Waals surface area contributed by atoms with E-state index in [0.29, 0.717) is 11.8 Å². The minimum Gasteiger partial charge on any atom is -0.396 e. The fourth-order valence-corrected chi connectivity index (χ4v) is 2.29. The summed E-state index contributed by atoms with van der Waals surface area (Å²) in [4.78, 5) is 12.3. The lowest BCUT2D eigenvalue weighted by atomic mass is 10.1. The number of alkyl halides is 2. The van der Waals surface area contributed by atoms with Crippen molar-refractivity contribution < 1.29 is 18.0 Å². The van der Waals surface area contributed by atoms with Crippen molar-refractivity contribution in [1.29, 1.82) is 0 Å². The highest BCUT2D eigenvalue weighted by molar-refractivity contribution is 7.99. The Labute approximate surface area is 123 Å². The van der Waals surface area contributed by atoms with Gasteiger partial charge in [-0.1, -0.05) is 30.0 Å². The molecular formula is C14H11F3N2OS. The number of nitrogens with two attached hydrogens (primary N) is 1. The van der Waals surface area contributed by atoms with E-state index in [-0.39, 0.29) is 21.8 Å². The molecule has 1 amide bonds. The van der Waals surface area contributed by atoms with E-state index >= 15 is 0 Å². The highest BCUT2D eigenvalue weighted by atomic mass is 32.2. The molecule has 0 spiro atoms. The predicted octanol–water partition coefficient (Wildman–Crippen LogP) is 3.97. The number of hydrogen-bond acceptors (Lipinski definition) is 3. The molecule has 3 N–H and O–H groups in total. The number of rotatable bonds is 4. The maximum Gasteiger partial charge on any atom is 0.288 e. The zero-order chi connectivity index (χ0) is 15.4. The van der Waals surface area contributed by atoms with Crippen LogP contribution in [0.3, 0.4) is 0 Å². The molecule has 0 radical (unpaired) electrons. The summed E-state index contributed by atoms with van der Waals surface area (Å²) < 4.78 is 38.2. The van der Waals surface area contributed by atoms with E-state index < -0.39 is 17.5 Å². The highest BCUT2D eigenvalue weighted by Crippen LogP contribution is 2.32. The van der Waals surface area contributed by atoms with E-state index in [4.69, 9.17) is 5.73 Å². The first-order valence-corrected chi connectivity index (χ1v) is 6.76. The third-order valence-electron chi connectivity index (χ3n) is 2.65. The first kappa shape index (κ1) is 15.2. The molecule has 110 valence electrons. The Balaban J connectivity index is 2.26. The lowest BCUT2D eigenvalue weighted by Crippen LogP contribution is -2.15. The summed E-state index contributed by atoms with van der Waals surface area (Å²) in [7, 11) is 0. The van der Waals surface area contributed by atoms with E-state index in [1.807, 2.05) is 0 Å². The second-order valence-corrected chi connectivity index (χ2v) is 5.06. The van der Waals surface area contributed by atoms with Gasteiger partial charge in [0.2, 0.25) is 0 Å². The summed E-state index contributed by atoms with van der Waals surface area (Å²) >= 11 is 0.316. The van der Waals surface area contributed by atoms with Crippen molar-refractivity contribution in [2.24, 2.45) is 0 Å². The van der Waals surface area contributed by atoms with E-state index in [1.165, 1.54) is 24.3 Å². The van der Waals surface area contributed by atoms with Crippen molar-refractivity contribution >= 4 is 29.0 Å². The number of nitrogens with one attached hydrogen (secondary N) is 1. The number of carbonyl (C=O) groups is 1. The molecule has 0 fully saturated rings. The number of carbonyl (C=O) groups excluding carboxylic acids is 1. The van der Waals surface area contributed by atoms with Crippen LogP contribution in [0.1, 0.15) is 10.4 Å². The van der Waals surface area contributed by atoms with Gasteiger partial charge in [-0.25, -0.2) is 4.39 Å². The van der Waals surface area contributed by atoms with E-state index in [0.717, 1.165) is 6.07 Å². The summed E-state index contributed by atoms with van der Waals surface area (Å²) in [5.74, 6) is -3.98. The molecule has 7 heteroatoms. The van der Waals surface area contributed by atoms with Gasteiger partial charge in [-0.2, -0.15) is 8.78 Å². The molecule has 0 saturated heterocycles. The molecule has 0 aliphatic carbocycles. The van der Waals surface area contributed by atoms with Gasteiger partial charge in [0.1, 0.15) is 5.82 Å². The maximum absolute atomic E-state index is 13.3. The van der Waals surface area contributed by atoms with Crippen LogP contribution in [0.5, 0.6) is 0 Å². The van der Waals surface area contributed by atoms with E-state index in [2.05, 4.69) is 5.32 Å². The van der Waals surface area contributed by atoms with Crippen molar-refractivity contribution in [3.63, 3.8) is 0 Å². The van der Waals surface area contributed by atoms with Crippen LogP contribution in [0.25, 0.3) is 0 Å². The van der Waals surface area contributed by atoms with Crippen LogP contribution in [0, 0.1) is 5.82 Å². The number of anilines is 2. The van der Waals surface area contributed by atoms with Crippen LogP contribution in [0.2, 0.25) is 0 Å². The minimum atomic E-state index is -2.61. The van der Waals surface area contributed by atoms with Gasteiger partial charge in [0.25, 0.3) is 11.7 Å². The van der Waals surface area contributed by atoms with Crippen molar-refractivity contribution in [3.8, 4) is 0 Å². The number of hydrogen-bond donors (Lipinski definition) is 2.